The van der Waals surface area contributed by atoms with Crippen LogP contribution in [0.15, 0.2) is 39.9 Å². The van der Waals surface area contributed by atoms with Gasteiger partial charge in [0.25, 0.3) is 5.91 Å². The monoisotopic (exact) mass is 475 g/mol. The molecule has 0 atom stereocenters. The number of amidine groups is 2. The summed E-state index contributed by atoms with van der Waals surface area (Å²) >= 11 is 1.42. The van der Waals surface area contributed by atoms with Gasteiger partial charge < -0.3 is 4.57 Å². The number of amides is 1. The smallest absolute Gasteiger partial charge is 0.283 e. The van der Waals surface area contributed by atoms with Crippen molar-refractivity contribution in [2.75, 3.05) is 0 Å². The van der Waals surface area contributed by atoms with E-state index in [2.05, 4.69) is 66.6 Å². The second kappa shape index (κ2) is 10.1. The van der Waals surface area contributed by atoms with Crippen LogP contribution in [0.5, 0.6) is 0 Å². The number of thioether (sulfide) groups is 1. The van der Waals surface area contributed by atoms with Crippen molar-refractivity contribution in [3.8, 4) is 5.69 Å². The van der Waals surface area contributed by atoms with Crippen molar-refractivity contribution in [1.82, 2.24) is 9.58 Å². The summed E-state index contributed by atoms with van der Waals surface area (Å²) in [7, 11) is 0. The topological polar surface area (TPSA) is 73.8 Å². The minimum absolute atomic E-state index is 0.0967. The SMILES string of the molecule is CCCCCCCC1=NN2C(=N)/C(=C/c3cc(C)n(-c4ccc(C)c(C)c4)c3C)C(=O)N=C2S1. The second-order valence-corrected chi connectivity index (χ2v) is 10.1. The van der Waals surface area contributed by atoms with E-state index in [4.69, 9.17) is 5.41 Å². The van der Waals surface area contributed by atoms with Crippen LogP contribution in [0.1, 0.15) is 73.5 Å². The molecule has 0 saturated carbocycles. The van der Waals surface area contributed by atoms with E-state index in [0.717, 1.165) is 40.5 Å². The van der Waals surface area contributed by atoms with Gasteiger partial charge in [0.2, 0.25) is 5.17 Å². The summed E-state index contributed by atoms with van der Waals surface area (Å²) in [4.78, 5) is 17.1. The van der Waals surface area contributed by atoms with E-state index in [1.807, 2.05) is 6.92 Å². The molecule has 0 bridgehead atoms. The van der Waals surface area contributed by atoms with Gasteiger partial charge in [-0.3, -0.25) is 10.2 Å². The zero-order chi connectivity index (χ0) is 24.4. The van der Waals surface area contributed by atoms with E-state index in [-0.39, 0.29) is 17.3 Å². The first kappa shape index (κ1) is 24.2. The summed E-state index contributed by atoms with van der Waals surface area (Å²) in [6.07, 6.45) is 8.62. The van der Waals surface area contributed by atoms with Crippen LogP contribution in [0.3, 0.4) is 0 Å². The van der Waals surface area contributed by atoms with Gasteiger partial charge in [0.15, 0.2) is 5.84 Å². The van der Waals surface area contributed by atoms with Crippen molar-refractivity contribution in [1.29, 1.82) is 5.41 Å². The second-order valence-electron chi connectivity index (χ2n) is 9.11. The summed E-state index contributed by atoms with van der Waals surface area (Å²) in [5.41, 5.74) is 6.88. The van der Waals surface area contributed by atoms with Gasteiger partial charge in [0, 0.05) is 17.1 Å². The Bertz CT molecular complexity index is 1230. The highest BCUT2D eigenvalue weighted by atomic mass is 32.2. The quantitative estimate of drug-likeness (QED) is 0.341. The van der Waals surface area contributed by atoms with Crippen LogP contribution in [0, 0.1) is 33.1 Å². The summed E-state index contributed by atoms with van der Waals surface area (Å²) in [6.45, 7) is 10.5. The maximum atomic E-state index is 12.9. The molecule has 0 spiro atoms. The van der Waals surface area contributed by atoms with Crippen LogP contribution < -0.4 is 0 Å². The normalized spacial score (nSPS) is 16.9. The molecule has 1 amide bonds. The number of rotatable bonds is 8. The molecule has 4 rings (SSSR count). The number of aliphatic imine (C=N–C) groups is 1. The van der Waals surface area contributed by atoms with Crippen LogP contribution >= 0.6 is 11.8 Å². The number of aromatic nitrogens is 1. The van der Waals surface area contributed by atoms with Crippen LogP contribution in [-0.4, -0.2) is 31.5 Å². The van der Waals surface area contributed by atoms with E-state index < -0.39 is 0 Å². The Labute approximate surface area is 206 Å². The third-order valence-corrected chi connectivity index (χ3v) is 7.48. The van der Waals surface area contributed by atoms with Crippen LogP contribution in [0.4, 0.5) is 0 Å². The van der Waals surface area contributed by atoms with E-state index in [1.54, 1.807) is 6.08 Å². The number of fused-ring (bicyclic) bond motifs is 1. The van der Waals surface area contributed by atoms with Gasteiger partial charge in [0.05, 0.1) is 5.57 Å². The average molecular weight is 476 g/mol. The minimum atomic E-state index is -0.376. The maximum absolute atomic E-state index is 12.9. The van der Waals surface area contributed by atoms with E-state index in [9.17, 15) is 4.79 Å². The van der Waals surface area contributed by atoms with Crippen molar-refractivity contribution in [3.63, 3.8) is 0 Å². The van der Waals surface area contributed by atoms with Crippen molar-refractivity contribution >= 4 is 39.8 Å². The molecular weight excluding hydrogens is 442 g/mol. The molecule has 3 heterocycles. The van der Waals surface area contributed by atoms with Gasteiger partial charge in [-0.25, -0.2) is 0 Å². The molecule has 0 radical (unpaired) electrons. The third kappa shape index (κ3) is 4.80. The first-order valence-corrected chi connectivity index (χ1v) is 12.9. The third-order valence-electron chi connectivity index (χ3n) is 6.51. The zero-order valence-electron chi connectivity index (χ0n) is 20.7. The van der Waals surface area contributed by atoms with E-state index in [1.165, 1.54) is 53.6 Å². The molecule has 6 nitrogen and oxygen atoms in total. The molecule has 2 aliphatic heterocycles. The van der Waals surface area contributed by atoms with Gasteiger partial charge in [0.1, 0.15) is 5.04 Å². The molecule has 34 heavy (non-hydrogen) atoms. The van der Waals surface area contributed by atoms with Gasteiger partial charge >= 0.3 is 0 Å². The Morgan fingerprint density at radius 3 is 2.53 bits per heavy atom. The van der Waals surface area contributed by atoms with Crippen molar-refractivity contribution < 1.29 is 4.79 Å². The molecule has 0 unspecified atom stereocenters. The van der Waals surface area contributed by atoms with Crippen molar-refractivity contribution in [3.05, 3.63) is 57.9 Å². The van der Waals surface area contributed by atoms with E-state index >= 15 is 0 Å². The number of hydrogen-bond donors (Lipinski definition) is 1. The molecule has 7 heteroatoms. The summed E-state index contributed by atoms with van der Waals surface area (Å²) in [5.74, 6) is -0.279. The summed E-state index contributed by atoms with van der Waals surface area (Å²) < 4.78 is 2.19. The molecule has 2 aliphatic rings. The number of hydrazone groups is 1. The number of carbonyl (C=O) groups excluding carboxylic acids is 1. The first-order chi connectivity index (χ1) is 16.3. The Balaban J connectivity index is 1.57. The lowest BCUT2D eigenvalue weighted by molar-refractivity contribution is -0.114. The van der Waals surface area contributed by atoms with Gasteiger partial charge in [-0.05, 0) is 93.3 Å². The van der Waals surface area contributed by atoms with Crippen LogP contribution in [0.2, 0.25) is 0 Å². The highest BCUT2D eigenvalue weighted by Crippen LogP contribution is 2.31. The molecular formula is C27H33N5OS. The van der Waals surface area contributed by atoms with E-state index in [0.29, 0.717) is 5.17 Å². The standard InChI is InChI=1S/C27H33N5OS/c1-6-7-8-9-10-11-24-30-32-25(28)23(26(33)29-27(32)34-24)16-21-15-19(4)31(20(21)5)22-13-12-17(2)18(3)14-22/h12-16,28H,6-11H2,1-5H3/b23-16-,28-25?. The van der Waals surface area contributed by atoms with Crippen molar-refractivity contribution in [2.45, 2.75) is 73.1 Å². The van der Waals surface area contributed by atoms with Crippen molar-refractivity contribution in [2.24, 2.45) is 10.1 Å². The van der Waals surface area contributed by atoms with Crippen LogP contribution in [-0.2, 0) is 4.79 Å². The number of nitrogens with one attached hydrogen (secondary N) is 1. The first-order valence-electron chi connectivity index (χ1n) is 12.1. The number of unbranched alkanes of at least 4 members (excludes halogenated alkanes) is 4. The lowest BCUT2D eigenvalue weighted by Crippen LogP contribution is -2.35. The molecule has 1 N–H and O–H groups in total. The molecule has 0 fully saturated rings. The molecule has 1 aromatic heterocycles. The number of nitrogens with zero attached hydrogens (tertiary/aromatic N) is 4. The summed E-state index contributed by atoms with van der Waals surface area (Å²) in [5, 5.41) is 16.2. The maximum Gasteiger partial charge on any atom is 0.283 e. The lowest BCUT2D eigenvalue weighted by Gasteiger charge is -2.20. The molecule has 2 aromatic rings. The molecule has 1 aromatic carbocycles. The average Bonchev–Trinajstić information content (AvgIpc) is 3.33. The van der Waals surface area contributed by atoms with Crippen LogP contribution in [0.25, 0.3) is 11.8 Å². The Hall–Kier alpha value is -2.93. The van der Waals surface area contributed by atoms with Gasteiger partial charge in [-0.1, -0.05) is 38.7 Å². The fraction of sp³-hybridized carbons (Fsp3) is 0.407. The number of benzene rings is 1. The Kier molecular flexibility index (Phi) is 7.22. The predicted octanol–water partition coefficient (Wildman–Crippen LogP) is 6.69. The zero-order valence-corrected chi connectivity index (χ0v) is 21.6. The number of carbonyl (C=O) groups is 1. The van der Waals surface area contributed by atoms with Gasteiger partial charge in [-0.2, -0.15) is 15.1 Å². The molecule has 0 saturated heterocycles. The predicted molar refractivity (Wildman–Crippen MR) is 143 cm³/mol. The lowest BCUT2D eigenvalue weighted by atomic mass is 10.1. The highest BCUT2D eigenvalue weighted by Gasteiger charge is 2.35. The fourth-order valence-corrected chi connectivity index (χ4v) is 5.29. The Morgan fingerprint density at radius 2 is 1.79 bits per heavy atom. The fourth-order valence-electron chi connectivity index (χ4n) is 4.36. The molecule has 178 valence electrons. The minimum Gasteiger partial charge on any atom is -0.318 e. The number of aryl methyl sites for hydroxylation is 3. The number of hydrogen-bond acceptors (Lipinski definition) is 4. The largest absolute Gasteiger partial charge is 0.318 e. The Morgan fingerprint density at radius 1 is 1.03 bits per heavy atom. The summed E-state index contributed by atoms with van der Waals surface area (Å²) in [6, 6.07) is 8.48. The highest BCUT2D eigenvalue weighted by molar-refractivity contribution is 8.26. The molecule has 0 aliphatic carbocycles. The van der Waals surface area contributed by atoms with Gasteiger partial charge in [-0.15, -0.1) is 0 Å².